The van der Waals surface area contributed by atoms with Crippen LogP contribution in [0.25, 0.3) is 11.6 Å². The number of H-pyrrole nitrogens is 1. The maximum absolute atomic E-state index is 4.41. The Bertz CT molecular complexity index is 476. The number of nitrogens with one attached hydrogen (secondary N) is 2. The number of aromatic nitrogens is 5. The van der Waals surface area contributed by atoms with E-state index in [1.165, 1.54) is 6.33 Å². The van der Waals surface area contributed by atoms with E-state index >= 15 is 0 Å². The second-order valence-electron chi connectivity index (χ2n) is 3.47. The van der Waals surface area contributed by atoms with E-state index in [2.05, 4.69) is 30.5 Å². The van der Waals surface area contributed by atoms with Crippen LogP contribution in [0.5, 0.6) is 0 Å². The van der Waals surface area contributed by atoms with Gasteiger partial charge in [0.25, 0.3) is 0 Å². The summed E-state index contributed by atoms with van der Waals surface area (Å²) in [4.78, 5) is 12.8. The molecule has 0 saturated heterocycles. The molecule has 2 aromatic rings. The van der Waals surface area contributed by atoms with E-state index in [9.17, 15) is 0 Å². The third-order valence-electron chi connectivity index (χ3n) is 2.36. The molecule has 6 heteroatoms. The van der Waals surface area contributed by atoms with Crippen molar-refractivity contribution in [3.8, 4) is 11.6 Å². The van der Waals surface area contributed by atoms with Gasteiger partial charge in [0.2, 0.25) is 0 Å². The molecule has 0 fully saturated rings. The van der Waals surface area contributed by atoms with Gasteiger partial charge in [-0.25, -0.2) is 15.0 Å². The molecule has 2 N–H and O–H groups in total. The molecule has 16 heavy (non-hydrogen) atoms. The number of anilines is 1. The quantitative estimate of drug-likeness (QED) is 0.812. The molecule has 0 unspecified atom stereocenters. The first-order chi connectivity index (χ1) is 7.72. The van der Waals surface area contributed by atoms with Crippen LogP contribution in [0, 0.1) is 13.8 Å². The van der Waals surface area contributed by atoms with Crippen molar-refractivity contribution in [2.24, 2.45) is 0 Å². The zero-order valence-electron chi connectivity index (χ0n) is 9.57. The van der Waals surface area contributed by atoms with Crippen molar-refractivity contribution in [1.29, 1.82) is 0 Å². The Hall–Kier alpha value is -1.98. The minimum Gasteiger partial charge on any atom is -0.370 e. The van der Waals surface area contributed by atoms with Crippen molar-refractivity contribution in [3.05, 3.63) is 17.6 Å². The molecule has 6 nitrogen and oxygen atoms in total. The normalized spacial score (nSPS) is 10.4. The summed E-state index contributed by atoms with van der Waals surface area (Å²) in [7, 11) is 0. The standard InChI is InChI=1S/C10H14N6/c1-4-11-8-6(2)7(3)14-10(15-8)9-12-5-13-16-9/h5H,4H2,1-3H3,(H,11,14,15)(H,12,13,16). The van der Waals surface area contributed by atoms with Crippen LogP contribution in [0.15, 0.2) is 6.33 Å². The highest BCUT2D eigenvalue weighted by Crippen LogP contribution is 2.18. The van der Waals surface area contributed by atoms with Gasteiger partial charge in [0.15, 0.2) is 11.6 Å². The summed E-state index contributed by atoms with van der Waals surface area (Å²) in [5.41, 5.74) is 2.00. The largest absolute Gasteiger partial charge is 0.370 e. The monoisotopic (exact) mass is 218 g/mol. The van der Waals surface area contributed by atoms with Crippen LogP contribution >= 0.6 is 0 Å². The average molecular weight is 218 g/mol. The molecule has 2 aromatic heterocycles. The lowest BCUT2D eigenvalue weighted by Crippen LogP contribution is -2.06. The summed E-state index contributed by atoms with van der Waals surface area (Å²) >= 11 is 0. The van der Waals surface area contributed by atoms with Gasteiger partial charge in [0.05, 0.1) is 0 Å². The van der Waals surface area contributed by atoms with E-state index in [4.69, 9.17) is 0 Å². The zero-order valence-corrected chi connectivity index (χ0v) is 9.57. The fourth-order valence-corrected chi connectivity index (χ4v) is 1.39. The second-order valence-corrected chi connectivity index (χ2v) is 3.47. The molecule has 0 aromatic carbocycles. The molecule has 0 spiro atoms. The fourth-order valence-electron chi connectivity index (χ4n) is 1.39. The molecule has 0 aliphatic rings. The SMILES string of the molecule is CCNc1nc(-c2ncn[nH]2)nc(C)c1C. The number of hydrogen-bond donors (Lipinski definition) is 2. The Balaban J connectivity index is 2.48. The van der Waals surface area contributed by atoms with Gasteiger partial charge < -0.3 is 5.32 Å². The molecule has 0 radical (unpaired) electrons. The Morgan fingerprint density at radius 2 is 2.12 bits per heavy atom. The molecule has 0 aliphatic heterocycles. The van der Waals surface area contributed by atoms with Crippen molar-refractivity contribution < 1.29 is 0 Å². The van der Waals surface area contributed by atoms with E-state index < -0.39 is 0 Å². The van der Waals surface area contributed by atoms with Crippen LogP contribution in [0.2, 0.25) is 0 Å². The minimum atomic E-state index is 0.566. The van der Waals surface area contributed by atoms with Crippen molar-refractivity contribution in [1.82, 2.24) is 25.1 Å². The van der Waals surface area contributed by atoms with Crippen LogP contribution < -0.4 is 5.32 Å². The minimum absolute atomic E-state index is 0.566. The van der Waals surface area contributed by atoms with E-state index in [-0.39, 0.29) is 0 Å². The summed E-state index contributed by atoms with van der Waals surface area (Å²) in [6.07, 6.45) is 1.45. The van der Waals surface area contributed by atoms with Gasteiger partial charge >= 0.3 is 0 Å². The number of aryl methyl sites for hydroxylation is 1. The predicted molar refractivity (Wildman–Crippen MR) is 61.0 cm³/mol. The topological polar surface area (TPSA) is 79.4 Å². The van der Waals surface area contributed by atoms with Gasteiger partial charge in [-0.2, -0.15) is 5.10 Å². The Kier molecular flexibility index (Phi) is 2.80. The highest BCUT2D eigenvalue weighted by molar-refractivity contribution is 5.53. The lowest BCUT2D eigenvalue weighted by atomic mass is 10.2. The van der Waals surface area contributed by atoms with E-state index in [1.54, 1.807) is 0 Å². The Morgan fingerprint density at radius 1 is 1.31 bits per heavy atom. The van der Waals surface area contributed by atoms with E-state index in [0.29, 0.717) is 11.6 Å². The highest BCUT2D eigenvalue weighted by atomic mass is 15.2. The van der Waals surface area contributed by atoms with Crippen molar-refractivity contribution in [2.45, 2.75) is 20.8 Å². The number of rotatable bonds is 3. The van der Waals surface area contributed by atoms with Crippen LogP contribution in [0.4, 0.5) is 5.82 Å². The molecule has 84 valence electrons. The van der Waals surface area contributed by atoms with Gasteiger partial charge in [-0.3, -0.25) is 5.10 Å². The smallest absolute Gasteiger partial charge is 0.199 e. The second kappa shape index (κ2) is 4.26. The third kappa shape index (κ3) is 1.86. The fraction of sp³-hybridized carbons (Fsp3) is 0.400. The summed E-state index contributed by atoms with van der Waals surface area (Å²) in [6, 6.07) is 0. The predicted octanol–water partition coefficient (Wildman–Crippen LogP) is 1.31. The van der Waals surface area contributed by atoms with Crippen molar-refractivity contribution in [3.63, 3.8) is 0 Å². The molecule has 0 atom stereocenters. The van der Waals surface area contributed by atoms with Gasteiger partial charge in [-0.1, -0.05) is 0 Å². The summed E-state index contributed by atoms with van der Waals surface area (Å²) in [6.45, 7) is 6.81. The molecule has 0 saturated carbocycles. The highest BCUT2D eigenvalue weighted by Gasteiger charge is 2.10. The number of hydrogen-bond acceptors (Lipinski definition) is 5. The maximum atomic E-state index is 4.41. The van der Waals surface area contributed by atoms with Crippen molar-refractivity contribution in [2.75, 3.05) is 11.9 Å². The van der Waals surface area contributed by atoms with E-state index in [0.717, 1.165) is 23.6 Å². The van der Waals surface area contributed by atoms with E-state index in [1.807, 2.05) is 20.8 Å². The maximum Gasteiger partial charge on any atom is 0.199 e. The van der Waals surface area contributed by atoms with Gasteiger partial charge in [0.1, 0.15) is 12.1 Å². The number of aromatic amines is 1. The average Bonchev–Trinajstić information content (AvgIpc) is 2.78. The molecule has 2 heterocycles. The molecule has 0 amide bonds. The zero-order chi connectivity index (χ0) is 11.5. The first-order valence-corrected chi connectivity index (χ1v) is 5.17. The Labute approximate surface area is 93.6 Å². The number of nitrogens with zero attached hydrogens (tertiary/aromatic N) is 4. The Morgan fingerprint density at radius 3 is 2.75 bits per heavy atom. The molecule has 0 aliphatic carbocycles. The first-order valence-electron chi connectivity index (χ1n) is 5.17. The lowest BCUT2D eigenvalue weighted by Gasteiger charge is -2.09. The van der Waals surface area contributed by atoms with Crippen LogP contribution in [0.3, 0.4) is 0 Å². The van der Waals surface area contributed by atoms with Crippen LogP contribution in [-0.2, 0) is 0 Å². The van der Waals surface area contributed by atoms with Gasteiger partial charge in [-0.15, -0.1) is 0 Å². The summed E-state index contributed by atoms with van der Waals surface area (Å²) < 4.78 is 0. The summed E-state index contributed by atoms with van der Waals surface area (Å²) in [5, 5.41) is 9.75. The van der Waals surface area contributed by atoms with Crippen molar-refractivity contribution >= 4 is 5.82 Å². The molecule has 0 bridgehead atoms. The van der Waals surface area contributed by atoms with Gasteiger partial charge in [0, 0.05) is 17.8 Å². The van der Waals surface area contributed by atoms with Crippen LogP contribution in [0.1, 0.15) is 18.2 Å². The van der Waals surface area contributed by atoms with Crippen LogP contribution in [-0.4, -0.2) is 31.7 Å². The lowest BCUT2D eigenvalue weighted by molar-refractivity contribution is 1.01. The molecular formula is C10H14N6. The molecule has 2 rings (SSSR count). The summed E-state index contributed by atoms with van der Waals surface area (Å²) in [5.74, 6) is 2.00. The van der Waals surface area contributed by atoms with Gasteiger partial charge in [-0.05, 0) is 20.8 Å². The third-order valence-corrected chi connectivity index (χ3v) is 2.36. The first kappa shape index (κ1) is 10.5. The molecular weight excluding hydrogens is 204 g/mol.